The van der Waals surface area contributed by atoms with Crippen molar-refractivity contribution in [3.8, 4) is 16.9 Å². The number of hydrogen-bond acceptors (Lipinski definition) is 3. The molecule has 6 heteroatoms. The first-order valence-electron chi connectivity index (χ1n) is 8.32. The average molecular weight is 341 g/mol. The number of H-pyrrole nitrogens is 1. The Morgan fingerprint density at radius 2 is 1.92 bits per heavy atom. The zero-order chi connectivity index (χ0) is 17.7. The molecule has 5 rings (SSSR count). The maximum atomic E-state index is 12.4. The van der Waals surface area contributed by atoms with E-state index in [1.54, 1.807) is 17.0 Å². The van der Waals surface area contributed by atoms with Gasteiger partial charge >= 0.3 is 5.69 Å². The van der Waals surface area contributed by atoms with Gasteiger partial charge in [0.15, 0.2) is 0 Å². The number of hydrogen-bond donors (Lipinski definition) is 1. The van der Waals surface area contributed by atoms with Gasteiger partial charge in [-0.1, -0.05) is 18.2 Å². The monoisotopic (exact) mass is 341 g/mol. The molecule has 1 N–H and O–H groups in total. The summed E-state index contributed by atoms with van der Waals surface area (Å²) in [6.45, 7) is 1.99. The molecule has 126 valence electrons. The molecule has 0 fully saturated rings. The number of imidazole rings is 1. The Morgan fingerprint density at radius 1 is 1.00 bits per heavy atom. The lowest BCUT2D eigenvalue weighted by atomic mass is 10.1. The van der Waals surface area contributed by atoms with Crippen LogP contribution in [0.15, 0.2) is 71.9 Å². The maximum absolute atomic E-state index is 12.4. The van der Waals surface area contributed by atoms with Gasteiger partial charge in [-0.05, 0) is 42.8 Å². The van der Waals surface area contributed by atoms with Crippen molar-refractivity contribution in [1.82, 2.24) is 24.1 Å². The van der Waals surface area contributed by atoms with Crippen molar-refractivity contribution in [3.05, 3.63) is 83.2 Å². The number of para-hydroxylation sites is 1. The third-order valence-corrected chi connectivity index (χ3v) is 4.61. The van der Waals surface area contributed by atoms with E-state index in [0.29, 0.717) is 0 Å². The molecule has 4 heterocycles. The van der Waals surface area contributed by atoms with Crippen molar-refractivity contribution in [2.45, 2.75) is 6.92 Å². The predicted molar refractivity (Wildman–Crippen MR) is 101 cm³/mol. The number of pyridine rings is 2. The second-order valence-corrected chi connectivity index (χ2v) is 6.23. The molecule has 0 unspecified atom stereocenters. The largest absolute Gasteiger partial charge is 0.331 e. The molecule has 0 saturated heterocycles. The van der Waals surface area contributed by atoms with Crippen molar-refractivity contribution < 1.29 is 0 Å². The summed E-state index contributed by atoms with van der Waals surface area (Å²) in [5.74, 6) is 0. The zero-order valence-corrected chi connectivity index (χ0v) is 14.0. The first kappa shape index (κ1) is 14.7. The summed E-state index contributed by atoms with van der Waals surface area (Å²) in [7, 11) is 0. The Kier molecular flexibility index (Phi) is 3.05. The van der Waals surface area contributed by atoms with E-state index in [9.17, 15) is 4.79 Å². The fourth-order valence-electron chi connectivity index (χ4n) is 3.39. The van der Waals surface area contributed by atoms with E-state index in [4.69, 9.17) is 0 Å². The molecule has 5 aromatic rings. The van der Waals surface area contributed by atoms with Crippen LogP contribution in [0.2, 0.25) is 0 Å². The van der Waals surface area contributed by atoms with E-state index in [1.165, 1.54) is 0 Å². The lowest BCUT2D eigenvalue weighted by molar-refractivity contribution is 0.961. The summed E-state index contributed by atoms with van der Waals surface area (Å²) < 4.78 is 3.48. The van der Waals surface area contributed by atoms with E-state index in [-0.39, 0.29) is 5.69 Å². The van der Waals surface area contributed by atoms with E-state index in [2.05, 4.69) is 15.1 Å². The van der Waals surface area contributed by atoms with E-state index in [0.717, 1.165) is 39.1 Å². The number of rotatable bonds is 2. The first-order chi connectivity index (χ1) is 12.7. The molecule has 26 heavy (non-hydrogen) atoms. The number of aryl methyl sites for hydroxylation is 1. The molecule has 4 aromatic heterocycles. The van der Waals surface area contributed by atoms with Crippen molar-refractivity contribution in [2.24, 2.45) is 0 Å². The minimum atomic E-state index is -0.167. The Morgan fingerprint density at radius 3 is 2.77 bits per heavy atom. The van der Waals surface area contributed by atoms with Crippen LogP contribution in [0.5, 0.6) is 0 Å². The summed E-state index contributed by atoms with van der Waals surface area (Å²) in [5, 5.41) is 4.35. The molecule has 0 radical (unpaired) electrons. The van der Waals surface area contributed by atoms with Crippen LogP contribution in [0.3, 0.4) is 0 Å². The van der Waals surface area contributed by atoms with Crippen molar-refractivity contribution >= 4 is 16.6 Å². The fourth-order valence-corrected chi connectivity index (χ4v) is 3.39. The quantitative estimate of drug-likeness (QED) is 0.535. The maximum Gasteiger partial charge on any atom is 0.331 e. The van der Waals surface area contributed by atoms with Crippen LogP contribution in [0, 0.1) is 6.92 Å². The number of nitrogens with one attached hydrogen (secondary N) is 1. The lowest BCUT2D eigenvalue weighted by Crippen LogP contribution is -2.15. The standard InChI is InChI=1S/C20H15N5O/c1-13-5-4-6-17-19(13)25(20(26)23-17)14-8-9-16(21-11-14)15-12-22-24-10-3-2-7-18(15)24/h2-12H,1H3,(H,23,26). The molecule has 0 amide bonds. The third kappa shape index (κ3) is 2.09. The predicted octanol–water partition coefficient (Wildman–Crippen LogP) is 3.34. The second-order valence-electron chi connectivity index (χ2n) is 6.23. The number of nitrogens with zero attached hydrogens (tertiary/aromatic N) is 4. The minimum absolute atomic E-state index is 0.167. The molecule has 0 bridgehead atoms. The van der Waals surface area contributed by atoms with E-state index in [1.807, 2.05) is 66.2 Å². The molecule has 0 aliphatic carbocycles. The van der Waals surface area contributed by atoms with Gasteiger partial charge < -0.3 is 4.98 Å². The van der Waals surface area contributed by atoms with Crippen molar-refractivity contribution in [2.75, 3.05) is 0 Å². The minimum Gasteiger partial charge on any atom is -0.305 e. The van der Waals surface area contributed by atoms with Crippen LogP contribution >= 0.6 is 0 Å². The SMILES string of the molecule is Cc1cccc2[nH]c(=O)n(-c3ccc(-c4cnn5ccccc45)nc3)c12. The highest BCUT2D eigenvalue weighted by Gasteiger charge is 2.12. The summed E-state index contributed by atoms with van der Waals surface area (Å²) in [6, 6.07) is 15.6. The molecule has 0 saturated carbocycles. The number of aromatic nitrogens is 5. The first-order valence-corrected chi connectivity index (χ1v) is 8.32. The molecule has 0 aliphatic heterocycles. The van der Waals surface area contributed by atoms with Crippen LogP contribution in [-0.2, 0) is 0 Å². The van der Waals surface area contributed by atoms with Crippen molar-refractivity contribution in [1.29, 1.82) is 0 Å². The molecular weight excluding hydrogens is 326 g/mol. The van der Waals surface area contributed by atoms with Crippen LogP contribution in [0.4, 0.5) is 0 Å². The Hall–Kier alpha value is -3.67. The molecular formula is C20H15N5O. The molecule has 0 atom stereocenters. The van der Waals surface area contributed by atoms with Gasteiger partial charge in [-0.25, -0.2) is 9.31 Å². The highest BCUT2D eigenvalue weighted by Crippen LogP contribution is 2.24. The highest BCUT2D eigenvalue weighted by molar-refractivity contribution is 5.81. The smallest absolute Gasteiger partial charge is 0.305 e. The Bertz CT molecular complexity index is 1310. The molecule has 0 spiro atoms. The molecule has 1 aromatic carbocycles. The normalized spacial score (nSPS) is 11.4. The second kappa shape index (κ2) is 5.42. The zero-order valence-electron chi connectivity index (χ0n) is 14.0. The van der Waals surface area contributed by atoms with Gasteiger partial charge in [-0.15, -0.1) is 0 Å². The Balaban J connectivity index is 1.66. The van der Waals surface area contributed by atoms with Crippen LogP contribution in [0.1, 0.15) is 5.56 Å². The summed E-state index contributed by atoms with van der Waals surface area (Å²) in [5.41, 5.74) is 6.07. The summed E-state index contributed by atoms with van der Waals surface area (Å²) >= 11 is 0. The molecule has 0 aliphatic rings. The van der Waals surface area contributed by atoms with Gasteiger partial charge in [-0.2, -0.15) is 5.10 Å². The highest BCUT2D eigenvalue weighted by atomic mass is 16.1. The lowest BCUT2D eigenvalue weighted by Gasteiger charge is -2.06. The number of aromatic amines is 1. The van der Waals surface area contributed by atoms with Gasteiger partial charge in [-0.3, -0.25) is 9.55 Å². The number of benzene rings is 1. The van der Waals surface area contributed by atoms with Gasteiger partial charge in [0.2, 0.25) is 0 Å². The van der Waals surface area contributed by atoms with Gasteiger partial charge in [0.05, 0.1) is 40.3 Å². The van der Waals surface area contributed by atoms with E-state index < -0.39 is 0 Å². The number of fused-ring (bicyclic) bond motifs is 2. The Labute approximate surface area is 148 Å². The van der Waals surface area contributed by atoms with Gasteiger partial charge in [0, 0.05) is 11.8 Å². The topological polar surface area (TPSA) is 68.0 Å². The summed E-state index contributed by atoms with van der Waals surface area (Å²) in [4.78, 5) is 19.9. The third-order valence-electron chi connectivity index (χ3n) is 4.61. The van der Waals surface area contributed by atoms with Gasteiger partial charge in [0.1, 0.15) is 0 Å². The fraction of sp³-hybridized carbons (Fsp3) is 0.0500. The van der Waals surface area contributed by atoms with E-state index >= 15 is 0 Å². The average Bonchev–Trinajstić information content (AvgIpc) is 3.23. The molecule has 6 nitrogen and oxygen atoms in total. The van der Waals surface area contributed by atoms with Gasteiger partial charge in [0.25, 0.3) is 0 Å². The summed E-state index contributed by atoms with van der Waals surface area (Å²) in [6.07, 6.45) is 5.43. The van der Waals surface area contributed by atoms with Crippen molar-refractivity contribution in [3.63, 3.8) is 0 Å². The van der Waals surface area contributed by atoms with Crippen LogP contribution in [-0.4, -0.2) is 24.1 Å². The van der Waals surface area contributed by atoms with Crippen LogP contribution in [0.25, 0.3) is 33.5 Å². The van der Waals surface area contributed by atoms with Crippen LogP contribution < -0.4 is 5.69 Å².